The minimum Gasteiger partial charge on any atom is -0.480 e. The van der Waals surface area contributed by atoms with Crippen molar-refractivity contribution in [1.82, 2.24) is 19.7 Å². The molecule has 3 aromatic rings. The van der Waals surface area contributed by atoms with E-state index in [0.29, 0.717) is 18.1 Å². The van der Waals surface area contributed by atoms with Crippen molar-refractivity contribution in [1.29, 1.82) is 0 Å². The first kappa shape index (κ1) is 17.2. The predicted octanol–water partition coefficient (Wildman–Crippen LogP) is 2.17. The number of hydrogen-bond donors (Lipinski definition) is 1. The number of fused-ring (bicyclic) bond motifs is 2. The van der Waals surface area contributed by atoms with E-state index in [1.54, 1.807) is 11.5 Å². The lowest BCUT2D eigenvalue weighted by Crippen LogP contribution is -2.50. The summed E-state index contributed by atoms with van der Waals surface area (Å²) in [5, 5.41) is 19.9. The molecule has 0 aliphatic carbocycles. The maximum atomic E-state index is 12.8. The summed E-state index contributed by atoms with van der Waals surface area (Å²) < 4.78 is 1.77. The minimum absolute atomic E-state index is 0.175. The van der Waals surface area contributed by atoms with Gasteiger partial charge in [0.25, 0.3) is 0 Å². The summed E-state index contributed by atoms with van der Waals surface area (Å²) in [6, 6.07) is 13.3. The molecule has 0 bridgehead atoms. The molecule has 1 aliphatic rings. The number of carbonyl (C=O) groups excluding carboxylic acids is 1. The van der Waals surface area contributed by atoms with Crippen LogP contribution in [0.3, 0.4) is 0 Å². The molecule has 2 heterocycles. The molecule has 0 radical (unpaired) electrons. The Morgan fingerprint density at radius 3 is 2.70 bits per heavy atom. The van der Waals surface area contributed by atoms with Gasteiger partial charge in [0.15, 0.2) is 5.82 Å². The molecule has 0 saturated carbocycles. The summed E-state index contributed by atoms with van der Waals surface area (Å²) >= 11 is 0. The highest BCUT2D eigenvalue weighted by atomic mass is 16.4. The Balaban J connectivity index is 1.50. The fourth-order valence-electron chi connectivity index (χ4n) is 3.58. The van der Waals surface area contributed by atoms with Crippen LogP contribution in [0.15, 0.2) is 42.5 Å². The smallest absolute Gasteiger partial charge is 0.328 e. The van der Waals surface area contributed by atoms with Crippen LogP contribution < -0.4 is 0 Å². The van der Waals surface area contributed by atoms with Gasteiger partial charge in [-0.25, -0.2) is 4.79 Å². The highest BCUT2D eigenvalue weighted by molar-refractivity contribution is 5.85. The van der Waals surface area contributed by atoms with Crippen LogP contribution in [0.5, 0.6) is 0 Å². The molecule has 7 nitrogen and oxygen atoms in total. The Hall–Kier alpha value is -3.22. The van der Waals surface area contributed by atoms with Crippen molar-refractivity contribution in [2.45, 2.75) is 38.9 Å². The standard InChI is InChI=1S/C20H20N4O3/c1-13-21-22-18-12-24(17(20(26)27)11-23(13)18)19(25)9-7-14-6-8-15-4-2-3-5-16(15)10-14/h2-6,8,10,17H,7,9,11-12H2,1H3,(H,26,27). The third-order valence-corrected chi connectivity index (χ3v) is 5.10. The zero-order valence-electron chi connectivity index (χ0n) is 15.0. The lowest BCUT2D eigenvalue weighted by Gasteiger charge is -2.33. The van der Waals surface area contributed by atoms with Gasteiger partial charge in [-0.05, 0) is 29.7 Å². The predicted molar refractivity (Wildman–Crippen MR) is 99.0 cm³/mol. The molecule has 0 fully saturated rings. The molecule has 1 unspecified atom stereocenters. The number of rotatable bonds is 4. The zero-order chi connectivity index (χ0) is 19.0. The fourth-order valence-corrected chi connectivity index (χ4v) is 3.58. The van der Waals surface area contributed by atoms with Crippen LogP contribution in [0.25, 0.3) is 10.8 Å². The SMILES string of the molecule is Cc1nnc2n1CC(C(=O)O)N(C(=O)CCc1ccc3ccccc3c1)C2. The van der Waals surface area contributed by atoms with Crippen LogP contribution in [-0.4, -0.2) is 42.7 Å². The Labute approximate surface area is 156 Å². The van der Waals surface area contributed by atoms with Gasteiger partial charge in [0.05, 0.1) is 13.1 Å². The number of aliphatic carboxylic acids is 1. The molecule has 1 aromatic heterocycles. The van der Waals surface area contributed by atoms with Crippen molar-refractivity contribution in [2.24, 2.45) is 0 Å². The monoisotopic (exact) mass is 364 g/mol. The molecule has 1 atom stereocenters. The van der Waals surface area contributed by atoms with Gasteiger partial charge in [-0.15, -0.1) is 10.2 Å². The first-order chi connectivity index (χ1) is 13.0. The van der Waals surface area contributed by atoms with Crippen molar-refractivity contribution in [3.63, 3.8) is 0 Å². The molecule has 0 spiro atoms. The van der Waals surface area contributed by atoms with Crippen molar-refractivity contribution in [2.75, 3.05) is 0 Å². The summed E-state index contributed by atoms with van der Waals surface area (Å²) in [5.74, 6) is 0.110. The zero-order valence-corrected chi connectivity index (χ0v) is 15.0. The molecule has 2 aromatic carbocycles. The van der Waals surface area contributed by atoms with Gasteiger partial charge in [-0.2, -0.15) is 0 Å². The highest BCUT2D eigenvalue weighted by Gasteiger charge is 2.36. The maximum Gasteiger partial charge on any atom is 0.328 e. The van der Waals surface area contributed by atoms with Crippen molar-refractivity contribution < 1.29 is 14.7 Å². The Morgan fingerprint density at radius 1 is 1.15 bits per heavy atom. The molecular weight excluding hydrogens is 344 g/mol. The largest absolute Gasteiger partial charge is 0.480 e. The van der Waals surface area contributed by atoms with Crippen LogP contribution in [0, 0.1) is 6.92 Å². The molecule has 4 rings (SSSR count). The number of aromatic nitrogens is 3. The normalized spacial score (nSPS) is 16.3. The average Bonchev–Trinajstić information content (AvgIpc) is 3.05. The van der Waals surface area contributed by atoms with Gasteiger partial charge in [0.1, 0.15) is 11.9 Å². The minimum atomic E-state index is -1.01. The van der Waals surface area contributed by atoms with E-state index in [1.807, 2.05) is 36.4 Å². The molecule has 1 N–H and O–H groups in total. The number of hydrogen-bond acceptors (Lipinski definition) is 4. The number of carboxylic acid groups (broad SMARTS) is 1. The van der Waals surface area contributed by atoms with Gasteiger partial charge >= 0.3 is 5.97 Å². The van der Waals surface area contributed by atoms with Crippen molar-refractivity contribution in [3.8, 4) is 0 Å². The Kier molecular flexibility index (Phi) is 4.35. The number of carboxylic acids is 1. The quantitative estimate of drug-likeness (QED) is 0.766. The second-order valence-corrected chi connectivity index (χ2v) is 6.83. The van der Waals surface area contributed by atoms with Crippen LogP contribution >= 0.6 is 0 Å². The summed E-state index contributed by atoms with van der Waals surface area (Å²) in [4.78, 5) is 25.9. The first-order valence-corrected chi connectivity index (χ1v) is 8.91. The second kappa shape index (κ2) is 6.83. The second-order valence-electron chi connectivity index (χ2n) is 6.83. The summed E-state index contributed by atoms with van der Waals surface area (Å²) in [6.07, 6.45) is 0.827. The van der Waals surface area contributed by atoms with E-state index in [9.17, 15) is 14.7 Å². The number of nitrogens with zero attached hydrogens (tertiary/aromatic N) is 4. The topological polar surface area (TPSA) is 88.3 Å². The van der Waals surface area contributed by atoms with Gasteiger partial charge < -0.3 is 14.6 Å². The van der Waals surface area contributed by atoms with Crippen molar-refractivity contribution >= 4 is 22.6 Å². The first-order valence-electron chi connectivity index (χ1n) is 8.91. The molecular formula is C20H20N4O3. The summed E-state index contributed by atoms with van der Waals surface area (Å²) in [5.41, 5.74) is 1.06. The van der Waals surface area contributed by atoms with Gasteiger partial charge in [0, 0.05) is 6.42 Å². The van der Waals surface area contributed by atoms with E-state index in [2.05, 4.69) is 16.3 Å². The molecule has 27 heavy (non-hydrogen) atoms. The summed E-state index contributed by atoms with van der Waals surface area (Å²) in [7, 11) is 0. The van der Waals surface area contributed by atoms with E-state index in [4.69, 9.17) is 0 Å². The number of benzene rings is 2. The van der Waals surface area contributed by atoms with Crippen LogP contribution in [0.4, 0.5) is 0 Å². The van der Waals surface area contributed by atoms with E-state index >= 15 is 0 Å². The molecule has 0 saturated heterocycles. The van der Waals surface area contributed by atoms with Gasteiger partial charge in [-0.3, -0.25) is 4.79 Å². The van der Waals surface area contributed by atoms with Crippen LogP contribution in [0.1, 0.15) is 23.6 Å². The number of amides is 1. The van der Waals surface area contributed by atoms with E-state index in [1.165, 1.54) is 4.90 Å². The van der Waals surface area contributed by atoms with Gasteiger partial charge in [-0.1, -0.05) is 42.5 Å². The Bertz CT molecular complexity index is 1030. The van der Waals surface area contributed by atoms with E-state index in [0.717, 1.165) is 16.3 Å². The third-order valence-electron chi connectivity index (χ3n) is 5.10. The number of aryl methyl sites for hydroxylation is 2. The maximum absolute atomic E-state index is 12.8. The highest BCUT2D eigenvalue weighted by Crippen LogP contribution is 2.21. The number of carbonyl (C=O) groups is 2. The third kappa shape index (κ3) is 3.28. The fraction of sp³-hybridized carbons (Fsp3) is 0.300. The average molecular weight is 364 g/mol. The van der Waals surface area contributed by atoms with Gasteiger partial charge in [0.2, 0.25) is 5.91 Å². The molecule has 138 valence electrons. The lowest BCUT2D eigenvalue weighted by molar-refractivity contribution is -0.152. The lowest BCUT2D eigenvalue weighted by atomic mass is 10.0. The van der Waals surface area contributed by atoms with E-state index < -0.39 is 12.0 Å². The van der Waals surface area contributed by atoms with Crippen molar-refractivity contribution in [3.05, 3.63) is 59.7 Å². The molecule has 1 amide bonds. The molecule has 1 aliphatic heterocycles. The van der Waals surface area contributed by atoms with E-state index in [-0.39, 0.29) is 25.4 Å². The molecule has 7 heteroatoms. The van der Waals surface area contributed by atoms with Crippen LogP contribution in [-0.2, 0) is 29.1 Å². The Morgan fingerprint density at radius 2 is 1.93 bits per heavy atom. The summed E-state index contributed by atoms with van der Waals surface area (Å²) in [6.45, 7) is 2.15. The van der Waals surface area contributed by atoms with Crippen LogP contribution in [0.2, 0.25) is 0 Å².